The van der Waals surface area contributed by atoms with Crippen LogP contribution < -0.4 is 20.1 Å². The molecule has 0 spiro atoms. The number of ether oxygens (including phenoxy) is 2. The van der Waals surface area contributed by atoms with Gasteiger partial charge < -0.3 is 20.1 Å². The molecule has 0 atom stereocenters. The Morgan fingerprint density at radius 3 is 2.23 bits per heavy atom. The molecular weight excluding hydrogens is 460 g/mol. The maximum atomic E-state index is 13.0. The number of methoxy groups -OCH3 is 2. The van der Waals surface area contributed by atoms with Crippen LogP contribution in [0.5, 0.6) is 11.5 Å². The number of nitrogens with one attached hydrogen (secondary N) is 2. The highest BCUT2D eigenvalue weighted by atomic mass is 79.9. The van der Waals surface area contributed by atoms with Gasteiger partial charge in [0.2, 0.25) is 0 Å². The number of carbonyl (C=O) groups excluding carboxylic acids is 2. The molecule has 3 rings (SSSR count). The Hall–Kier alpha value is -3.58. The molecule has 0 aliphatic heterocycles. The summed E-state index contributed by atoms with van der Waals surface area (Å²) >= 11 is 3.37. The summed E-state index contributed by atoms with van der Waals surface area (Å²) in [5, 5.41) is 5.50. The van der Waals surface area contributed by atoms with Crippen molar-refractivity contribution in [2.45, 2.75) is 0 Å². The maximum absolute atomic E-state index is 13.0. The summed E-state index contributed by atoms with van der Waals surface area (Å²) in [6.07, 6.45) is 1.55. The fourth-order valence-corrected chi connectivity index (χ4v) is 3.12. The molecule has 0 bridgehead atoms. The normalized spacial score (nSPS) is 10.9. The molecular formula is C24H21BrN2O4. The zero-order valence-corrected chi connectivity index (χ0v) is 18.6. The summed E-state index contributed by atoms with van der Waals surface area (Å²) in [5.41, 5.74) is 1.66. The van der Waals surface area contributed by atoms with Gasteiger partial charge in [0.1, 0.15) is 5.70 Å². The highest BCUT2D eigenvalue weighted by Gasteiger charge is 2.17. The molecule has 6 nitrogen and oxygen atoms in total. The molecule has 0 aliphatic carbocycles. The Balaban J connectivity index is 1.97. The van der Waals surface area contributed by atoms with E-state index in [9.17, 15) is 9.59 Å². The zero-order chi connectivity index (χ0) is 22.2. The van der Waals surface area contributed by atoms with Gasteiger partial charge in [0.15, 0.2) is 11.5 Å². The van der Waals surface area contributed by atoms with Crippen LogP contribution in [0.4, 0.5) is 5.69 Å². The number of para-hydroxylation sites is 1. The molecule has 2 amide bonds. The van der Waals surface area contributed by atoms with E-state index in [1.54, 1.807) is 60.7 Å². The third-order valence-corrected chi connectivity index (χ3v) is 4.89. The van der Waals surface area contributed by atoms with E-state index in [4.69, 9.17) is 9.47 Å². The minimum absolute atomic E-state index is 0.0586. The van der Waals surface area contributed by atoms with Crippen LogP contribution >= 0.6 is 15.9 Å². The number of amides is 2. The second-order valence-corrected chi connectivity index (χ2v) is 7.34. The molecule has 3 aromatic rings. The predicted octanol–water partition coefficient (Wildman–Crippen LogP) is 4.88. The lowest BCUT2D eigenvalue weighted by Gasteiger charge is -2.14. The molecule has 0 aromatic heterocycles. The molecule has 0 saturated carbocycles. The molecule has 0 heterocycles. The first kappa shape index (κ1) is 22.1. The molecule has 0 unspecified atom stereocenters. The third-order valence-electron chi connectivity index (χ3n) is 4.36. The van der Waals surface area contributed by atoms with E-state index in [0.717, 1.165) is 4.47 Å². The molecule has 0 saturated heterocycles. The molecule has 158 valence electrons. The second-order valence-electron chi connectivity index (χ2n) is 6.42. The van der Waals surface area contributed by atoms with Gasteiger partial charge in [-0.1, -0.05) is 46.3 Å². The monoisotopic (exact) mass is 480 g/mol. The topological polar surface area (TPSA) is 76.7 Å². The molecule has 2 N–H and O–H groups in total. The molecule has 0 aliphatic rings. The number of benzene rings is 3. The van der Waals surface area contributed by atoms with Gasteiger partial charge in [0.05, 0.1) is 14.2 Å². The van der Waals surface area contributed by atoms with Crippen molar-refractivity contribution >= 4 is 39.5 Å². The van der Waals surface area contributed by atoms with Crippen LogP contribution in [0.2, 0.25) is 0 Å². The van der Waals surface area contributed by atoms with E-state index in [1.807, 2.05) is 18.2 Å². The van der Waals surface area contributed by atoms with Crippen LogP contribution in [0.3, 0.4) is 0 Å². The van der Waals surface area contributed by atoms with E-state index >= 15 is 0 Å². The Labute approximate surface area is 189 Å². The average molecular weight is 481 g/mol. The summed E-state index contributed by atoms with van der Waals surface area (Å²) in [6.45, 7) is 0. The fourth-order valence-electron chi connectivity index (χ4n) is 2.86. The minimum Gasteiger partial charge on any atom is -0.493 e. The standard InChI is InChI=1S/C24H21BrN2O4/c1-30-21-10-6-9-17(22(21)31-2)15-20(27-23(28)16-7-4-3-5-8-16)24(29)26-19-13-11-18(25)12-14-19/h3-15H,1-2H3,(H,26,29)(H,27,28)/b20-15-. The predicted molar refractivity (Wildman–Crippen MR) is 124 cm³/mol. The van der Waals surface area contributed by atoms with Crippen molar-refractivity contribution in [3.05, 3.63) is 94.1 Å². The van der Waals surface area contributed by atoms with Crippen LogP contribution in [0.1, 0.15) is 15.9 Å². The number of rotatable bonds is 7. The number of hydrogen-bond donors (Lipinski definition) is 2. The Bertz CT molecular complexity index is 1100. The van der Waals surface area contributed by atoms with E-state index in [-0.39, 0.29) is 5.70 Å². The van der Waals surface area contributed by atoms with Crippen LogP contribution in [0, 0.1) is 0 Å². The fraction of sp³-hybridized carbons (Fsp3) is 0.0833. The van der Waals surface area contributed by atoms with Gasteiger partial charge in [-0.2, -0.15) is 0 Å². The Morgan fingerprint density at radius 1 is 0.871 bits per heavy atom. The number of carbonyl (C=O) groups is 2. The van der Waals surface area contributed by atoms with E-state index in [1.165, 1.54) is 14.2 Å². The average Bonchev–Trinajstić information content (AvgIpc) is 2.80. The minimum atomic E-state index is -0.475. The van der Waals surface area contributed by atoms with Crippen molar-refractivity contribution in [3.8, 4) is 11.5 Å². The van der Waals surface area contributed by atoms with Gasteiger partial charge in [0.25, 0.3) is 11.8 Å². The zero-order valence-electron chi connectivity index (χ0n) is 17.0. The second kappa shape index (κ2) is 10.4. The van der Waals surface area contributed by atoms with Gasteiger partial charge in [0, 0.05) is 21.3 Å². The SMILES string of the molecule is COc1cccc(/C=C(\NC(=O)c2ccccc2)C(=O)Nc2ccc(Br)cc2)c1OC. The summed E-state index contributed by atoms with van der Waals surface area (Å²) in [5.74, 6) is 0.0855. The van der Waals surface area contributed by atoms with Crippen LogP contribution in [-0.2, 0) is 4.79 Å². The van der Waals surface area contributed by atoms with Crippen molar-refractivity contribution in [1.29, 1.82) is 0 Å². The lowest BCUT2D eigenvalue weighted by atomic mass is 10.1. The molecule has 31 heavy (non-hydrogen) atoms. The summed E-state index contributed by atoms with van der Waals surface area (Å²) in [6, 6.07) is 21.1. The Morgan fingerprint density at radius 2 is 1.58 bits per heavy atom. The van der Waals surface area contributed by atoms with Gasteiger partial charge in [-0.3, -0.25) is 9.59 Å². The number of halogens is 1. The van der Waals surface area contributed by atoms with E-state index in [2.05, 4.69) is 26.6 Å². The molecule has 0 fully saturated rings. The lowest BCUT2D eigenvalue weighted by molar-refractivity contribution is -0.113. The highest BCUT2D eigenvalue weighted by molar-refractivity contribution is 9.10. The summed E-state index contributed by atoms with van der Waals surface area (Å²) in [4.78, 5) is 25.8. The largest absolute Gasteiger partial charge is 0.493 e. The molecule has 0 radical (unpaired) electrons. The van der Waals surface area contributed by atoms with Gasteiger partial charge in [-0.25, -0.2) is 0 Å². The van der Waals surface area contributed by atoms with Crippen LogP contribution in [-0.4, -0.2) is 26.0 Å². The maximum Gasteiger partial charge on any atom is 0.272 e. The summed E-state index contributed by atoms with van der Waals surface area (Å²) < 4.78 is 11.7. The first-order valence-corrected chi connectivity index (χ1v) is 10.2. The quantitative estimate of drug-likeness (QED) is 0.472. The molecule has 7 heteroatoms. The molecule has 3 aromatic carbocycles. The van der Waals surface area contributed by atoms with Crippen molar-refractivity contribution in [2.24, 2.45) is 0 Å². The number of hydrogen-bond acceptors (Lipinski definition) is 4. The lowest BCUT2D eigenvalue weighted by Crippen LogP contribution is -2.30. The van der Waals surface area contributed by atoms with Gasteiger partial charge in [-0.15, -0.1) is 0 Å². The van der Waals surface area contributed by atoms with Crippen molar-refractivity contribution in [3.63, 3.8) is 0 Å². The first-order chi connectivity index (χ1) is 15.0. The van der Waals surface area contributed by atoms with Crippen molar-refractivity contribution < 1.29 is 19.1 Å². The Kier molecular flexibility index (Phi) is 7.45. The van der Waals surface area contributed by atoms with Gasteiger partial charge in [-0.05, 0) is 48.5 Å². The van der Waals surface area contributed by atoms with E-state index in [0.29, 0.717) is 28.3 Å². The first-order valence-electron chi connectivity index (χ1n) is 9.38. The van der Waals surface area contributed by atoms with Crippen LogP contribution in [0.25, 0.3) is 6.08 Å². The third kappa shape index (κ3) is 5.73. The highest BCUT2D eigenvalue weighted by Crippen LogP contribution is 2.32. The number of anilines is 1. The van der Waals surface area contributed by atoms with Crippen molar-refractivity contribution in [2.75, 3.05) is 19.5 Å². The van der Waals surface area contributed by atoms with Crippen LogP contribution in [0.15, 0.2) is 83.0 Å². The van der Waals surface area contributed by atoms with Crippen molar-refractivity contribution in [1.82, 2.24) is 5.32 Å². The van der Waals surface area contributed by atoms with E-state index < -0.39 is 11.8 Å². The van der Waals surface area contributed by atoms with Gasteiger partial charge >= 0.3 is 0 Å². The smallest absolute Gasteiger partial charge is 0.272 e. The summed E-state index contributed by atoms with van der Waals surface area (Å²) in [7, 11) is 3.04.